The second kappa shape index (κ2) is 4.87. The van der Waals surface area contributed by atoms with Crippen LogP contribution in [0.3, 0.4) is 0 Å². The first-order valence-electron chi connectivity index (χ1n) is 4.91. The van der Waals surface area contributed by atoms with Crippen molar-refractivity contribution >= 4 is 23.2 Å². The summed E-state index contributed by atoms with van der Waals surface area (Å²) < 4.78 is 1.65. The van der Waals surface area contributed by atoms with E-state index in [-0.39, 0.29) is 0 Å². The molecule has 0 unspecified atom stereocenters. The molecule has 0 atom stereocenters. The van der Waals surface area contributed by atoms with Crippen molar-refractivity contribution in [3.8, 4) is 5.69 Å². The molecule has 0 radical (unpaired) electrons. The molecule has 3 nitrogen and oxygen atoms in total. The smallest absolute Gasteiger partial charge is 0.136 e. The molecule has 0 bridgehead atoms. The number of halogens is 2. The average Bonchev–Trinajstić information content (AvgIpc) is 2.61. The maximum atomic E-state index is 6.19. The molecule has 0 aliphatic rings. The van der Waals surface area contributed by atoms with Crippen LogP contribution >= 0.6 is 23.2 Å². The van der Waals surface area contributed by atoms with Crippen LogP contribution in [0.25, 0.3) is 5.69 Å². The van der Waals surface area contributed by atoms with Gasteiger partial charge in [0, 0.05) is 10.6 Å². The van der Waals surface area contributed by atoms with Crippen molar-refractivity contribution in [1.29, 1.82) is 0 Å². The Balaban J connectivity index is 2.41. The minimum atomic E-state index is 0.557. The van der Waals surface area contributed by atoms with Gasteiger partial charge in [-0.15, -0.1) is 0 Å². The molecule has 2 rings (SSSR count). The van der Waals surface area contributed by atoms with Crippen LogP contribution in [-0.2, 0) is 6.42 Å². The molecule has 0 aliphatic heterocycles. The Morgan fingerprint density at radius 2 is 2.12 bits per heavy atom. The van der Waals surface area contributed by atoms with Gasteiger partial charge in [0.1, 0.15) is 5.15 Å². The van der Waals surface area contributed by atoms with Crippen molar-refractivity contribution in [3.63, 3.8) is 0 Å². The molecule has 2 N–H and O–H groups in total. The standard InChI is InChI=1S/C11H11Cl2N3/c12-9-2-1-3-10(6-9)16-11(13)8(4-5-14)7-15-16/h1-3,6-7H,4-5,14H2. The molecule has 16 heavy (non-hydrogen) atoms. The van der Waals surface area contributed by atoms with E-state index in [9.17, 15) is 0 Å². The molecule has 0 saturated carbocycles. The third kappa shape index (κ3) is 2.21. The monoisotopic (exact) mass is 255 g/mol. The minimum absolute atomic E-state index is 0.557. The largest absolute Gasteiger partial charge is 0.330 e. The van der Waals surface area contributed by atoms with Crippen molar-refractivity contribution in [2.45, 2.75) is 6.42 Å². The van der Waals surface area contributed by atoms with Crippen LogP contribution < -0.4 is 5.73 Å². The van der Waals surface area contributed by atoms with Crippen LogP contribution in [0.15, 0.2) is 30.5 Å². The number of aromatic nitrogens is 2. The van der Waals surface area contributed by atoms with Crippen LogP contribution in [0.1, 0.15) is 5.56 Å². The number of benzene rings is 1. The van der Waals surface area contributed by atoms with E-state index < -0.39 is 0 Å². The van der Waals surface area contributed by atoms with Gasteiger partial charge in [0.05, 0.1) is 11.9 Å². The number of hydrogen-bond donors (Lipinski definition) is 1. The predicted molar refractivity (Wildman–Crippen MR) is 66.3 cm³/mol. The highest BCUT2D eigenvalue weighted by Gasteiger charge is 2.09. The number of rotatable bonds is 3. The van der Waals surface area contributed by atoms with Gasteiger partial charge in [-0.2, -0.15) is 5.10 Å². The zero-order valence-corrected chi connectivity index (χ0v) is 10.0. The van der Waals surface area contributed by atoms with Gasteiger partial charge >= 0.3 is 0 Å². The molecular weight excluding hydrogens is 245 g/mol. The molecule has 84 valence electrons. The summed E-state index contributed by atoms with van der Waals surface area (Å²) in [5, 5.41) is 5.46. The first kappa shape index (κ1) is 11.5. The van der Waals surface area contributed by atoms with E-state index in [1.54, 1.807) is 10.9 Å². The van der Waals surface area contributed by atoms with Crippen molar-refractivity contribution in [2.75, 3.05) is 6.54 Å². The van der Waals surface area contributed by atoms with E-state index >= 15 is 0 Å². The Morgan fingerprint density at radius 1 is 1.31 bits per heavy atom. The molecule has 0 aliphatic carbocycles. The quantitative estimate of drug-likeness (QED) is 0.917. The summed E-state index contributed by atoms with van der Waals surface area (Å²) in [6, 6.07) is 7.38. The van der Waals surface area contributed by atoms with Crippen LogP contribution in [0, 0.1) is 0 Å². The number of nitrogens with zero attached hydrogens (tertiary/aromatic N) is 2. The zero-order valence-electron chi connectivity index (χ0n) is 8.53. The lowest BCUT2D eigenvalue weighted by Gasteiger charge is -2.03. The molecule has 1 heterocycles. The second-order valence-corrected chi connectivity index (χ2v) is 4.19. The summed E-state index contributed by atoms with van der Waals surface area (Å²) in [5.41, 5.74) is 7.28. The summed E-state index contributed by atoms with van der Waals surface area (Å²) in [4.78, 5) is 0. The molecule has 1 aromatic heterocycles. The molecule has 2 aromatic rings. The zero-order chi connectivity index (χ0) is 11.5. The highest BCUT2D eigenvalue weighted by molar-refractivity contribution is 6.31. The maximum Gasteiger partial charge on any atom is 0.136 e. The molecule has 1 aromatic carbocycles. The van der Waals surface area contributed by atoms with E-state index in [0.717, 1.165) is 17.7 Å². The third-order valence-corrected chi connectivity index (χ3v) is 2.88. The predicted octanol–water partition coefficient (Wildman–Crippen LogP) is 2.68. The topological polar surface area (TPSA) is 43.8 Å². The van der Waals surface area contributed by atoms with Crippen LogP contribution in [0.5, 0.6) is 0 Å². The van der Waals surface area contributed by atoms with E-state index in [1.807, 2.05) is 24.3 Å². The lowest BCUT2D eigenvalue weighted by Crippen LogP contribution is -2.02. The third-order valence-electron chi connectivity index (χ3n) is 2.25. The van der Waals surface area contributed by atoms with E-state index in [1.165, 1.54) is 0 Å². The number of nitrogens with two attached hydrogens (primary N) is 1. The molecule has 0 spiro atoms. The molecule has 0 fully saturated rings. The highest BCUT2D eigenvalue weighted by atomic mass is 35.5. The van der Waals surface area contributed by atoms with Gasteiger partial charge in [-0.05, 0) is 31.2 Å². The Bertz CT molecular complexity index is 494. The molecule has 0 amide bonds. The molecular formula is C11H11Cl2N3. The Kier molecular flexibility index (Phi) is 3.49. The fourth-order valence-electron chi connectivity index (χ4n) is 1.48. The first-order chi connectivity index (χ1) is 7.72. The maximum absolute atomic E-state index is 6.19. The van der Waals surface area contributed by atoms with Gasteiger partial charge in [0.25, 0.3) is 0 Å². The minimum Gasteiger partial charge on any atom is -0.330 e. The second-order valence-electron chi connectivity index (χ2n) is 3.39. The van der Waals surface area contributed by atoms with Crippen molar-refractivity contribution < 1.29 is 0 Å². The number of hydrogen-bond acceptors (Lipinski definition) is 2. The van der Waals surface area contributed by atoms with Gasteiger partial charge in [-0.25, -0.2) is 4.68 Å². The van der Waals surface area contributed by atoms with Gasteiger partial charge in [0.15, 0.2) is 0 Å². The van der Waals surface area contributed by atoms with Crippen LogP contribution in [0.2, 0.25) is 10.2 Å². The van der Waals surface area contributed by atoms with E-state index in [0.29, 0.717) is 16.7 Å². The lowest BCUT2D eigenvalue weighted by atomic mass is 10.2. The van der Waals surface area contributed by atoms with Gasteiger partial charge < -0.3 is 5.73 Å². The normalized spacial score (nSPS) is 10.7. The SMILES string of the molecule is NCCc1cnn(-c2cccc(Cl)c2)c1Cl. The average molecular weight is 256 g/mol. The van der Waals surface area contributed by atoms with Crippen molar-refractivity contribution in [2.24, 2.45) is 5.73 Å². The Hall–Kier alpha value is -1.03. The molecule has 5 heteroatoms. The summed E-state index contributed by atoms with van der Waals surface area (Å²) in [5.74, 6) is 0. The lowest BCUT2D eigenvalue weighted by molar-refractivity contribution is 0.880. The summed E-state index contributed by atoms with van der Waals surface area (Å²) in [6.07, 6.45) is 2.45. The summed E-state index contributed by atoms with van der Waals surface area (Å²) in [6.45, 7) is 0.557. The first-order valence-corrected chi connectivity index (χ1v) is 5.66. The van der Waals surface area contributed by atoms with Crippen LogP contribution in [0.4, 0.5) is 0 Å². The highest BCUT2D eigenvalue weighted by Crippen LogP contribution is 2.22. The molecule has 0 saturated heterocycles. The van der Waals surface area contributed by atoms with Crippen molar-refractivity contribution in [3.05, 3.63) is 46.2 Å². The van der Waals surface area contributed by atoms with E-state index in [2.05, 4.69) is 5.10 Å². The van der Waals surface area contributed by atoms with Gasteiger partial charge in [0.2, 0.25) is 0 Å². The fraction of sp³-hybridized carbons (Fsp3) is 0.182. The van der Waals surface area contributed by atoms with Gasteiger partial charge in [-0.3, -0.25) is 0 Å². The Morgan fingerprint density at radius 3 is 2.81 bits per heavy atom. The summed E-state index contributed by atoms with van der Waals surface area (Å²) >= 11 is 12.1. The van der Waals surface area contributed by atoms with Gasteiger partial charge in [-0.1, -0.05) is 29.3 Å². The van der Waals surface area contributed by atoms with Crippen molar-refractivity contribution in [1.82, 2.24) is 9.78 Å². The summed E-state index contributed by atoms with van der Waals surface area (Å²) in [7, 11) is 0. The fourth-order valence-corrected chi connectivity index (χ4v) is 1.95. The Labute approximate surface area is 104 Å². The van der Waals surface area contributed by atoms with E-state index in [4.69, 9.17) is 28.9 Å². The van der Waals surface area contributed by atoms with Crippen LogP contribution in [-0.4, -0.2) is 16.3 Å².